The number of amides is 1. The lowest BCUT2D eigenvalue weighted by atomic mass is 10.1. The third-order valence-corrected chi connectivity index (χ3v) is 2.51. The fourth-order valence-corrected chi connectivity index (χ4v) is 1.42. The van der Waals surface area contributed by atoms with Gasteiger partial charge < -0.3 is 10.6 Å². The average molecular weight is 292 g/mol. The summed E-state index contributed by atoms with van der Waals surface area (Å²) in [6.45, 7) is 6.04. The first-order chi connectivity index (χ1) is 8.99. The van der Waals surface area contributed by atoms with E-state index in [-0.39, 0.29) is 5.54 Å². The SMILES string of the molecule is C[C@H](Nc1cnn(C(C)(C)C)c1)C(=O)NCC(F)(F)F. The second-order valence-corrected chi connectivity index (χ2v) is 5.54. The Morgan fingerprint density at radius 2 is 2.00 bits per heavy atom. The van der Waals surface area contributed by atoms with E-state index in [1.807, 2.05) is 26.1 Å². The van der Waals surface area contributed by atoms with E-state index in [4.69, 9.17) is 0 Å². The molecular weight excluding hydrogens is 273 g/mol. The van der Waals surface area contributed by atoms with Crippen molar-refractivity contribution in [1.29, 1.82) is 0 Å². The van der Waals surface area contributed by atoms with E-state index in [9.17, 15) is 18.0 Å². The topological polar surface area (TPSA) is 59.0 Å². The molecule has 0 aliphatic carbocycles. The van der Waals surface area contributed by atoms with Crippen molar-refractivity contribution in [2.75, 3.05) is 11.9 Å². The number of anilines is 1. The third-order valence-electron chi connectivity index (χ3n) is 2.51. The van der Waals surface area contributed by atoms with Gasteiger partial charge in [-0.15, -0.1) is 0 Å². The second-order valence-electron chi connectivity index (χ2n) is 5.54. The molecular formula is C12H19F3N4O. The van der Waals surface area contributed by atoms with Gasteiger partial charge in [0.2, 0.25) is 5.91 Å². The Morgan fingerprint density at radius 1 is 1.40 bits per heavy atom. The molecule has 0 aromatic carbocycles. The zero-order valence-corrected chi connectivity index (χ0v) is 11.9. The van der Waals surface area contributed by atoms with Crippen molar-refractivity contribution >= 4 is 11.6 Å². The minimum Gasteiger partial charge on any atom is -0.371 e. The first kappa shape index (κ1) is 16.3. The quantitative estimate of drug-likeness (QED) is 0.893. The van der Waals surface area contributed by atoms with Crippen molar-refractivity contribution in [3.8, 4) is 0 Å². The molecule has 5 nitrogen and oxygen atoms in total. The van der Waals surface area contributed by atoms with Crippen molar-refractivity contribution in [1.82, 2.24) is 15.1 Å². The molecule has 1 heterocycles. The van der Waals surface area contributed by atoms with Crippen LogP contribution in [0.15, 0.2) is 12.4 Å². The first-order valence-electron chi connectivity index (χ1n) is 6.15. The molecule has 1 atom stereocenters. The van der Waals surface area contributed by atoms with Gasteiger partial charge in [0.15, 0.2) is 0 Å². The average Bonchev–Trinajstić information content (AvgIpc) is 2.72. The molecule has 0 fully saturated rings. The Morgan fingerprint density at radius 3 is 2.45 bits per heavy atom. The number of aromatic nitrogens is 2. The molecule has 2 N–H and O–H groups in total. The van der Waals surface area contributed by atoms with Crippen LogP contribution < -0.4 is 10.6 Å². The molecule has 1 aromatic rings. The Hall–Kier alpha value is -1.73. The molecule has 0 unspecified atom stereocenters. The standard InChI is InChI=1S/C12H19F3N4O/c1-8(10(20)16-7-12(13,14)15)18-9-5-17-19(6-9)11(2,3)4/h5-6,8,18H,7H2,1-4H3,(H,16,20)/t8-/m0/s1. The Labute approximate surface area is 115 Å². The van der Waals surface area contributed by atoms with Crippen molar-refractivity contribution in [2.45, 2.75) is 45.5 Å². The number of carbonyl (C=O) groups excluding carboxylic acids is 1. The fourth-order valence-electron chi connectivity index (χ4n) is 1.42. The highest BCUT2D eigenvalue weighted by molar-refractivity contribution is 5.84. The summed E-state index contributed by atoms with van der Waals surface area (Å²) in [4.78, 5) is 11.5. The van der Waals surface area contributed by atoms with Crippen LogP contribution in [0, 0.1) is 0 Å². The van der Waals surface area contributed by atoms with Crippen LogP contribution in [0.25, 0.3) is 0 Å². The molecule has 0 saturated carbocycles. The van der Waals surface area contributed by atoms with E-state index in [0.29, 0.717) is 5.69 Å². The highest BCUT2D eigenvalue weighted by Gasteiger charge is 2.28. The Bertz CT molecular complexity index is 462. The number of halogens is 3. The number of carbonyl (C=O) groups is 1. The van der Waals surface area contributed by atoms with Crippen LogP contribution in [0.5, 0.6) is 0 Å². The van der Waals surface area contributed by atoms with Crippen molar-refractivity contribution in [3.63, 3.8) is 0 Å². The zero-order valence-electron chi connectivity index (χ0n) is 11.9. The van der Waals surface area contributed by atoms with Gasteiger partial charge in [-0.25, -0.2) is 0 Å². The molecule has 0 spiro atoms. The maximum absolute atomic E-state index is 12.0. The minimum absolute atomic E-state index is 0.207. The molecule has 1 rings (SSSR count). The van der Waals surface area contributed by atoms with Crippen molar-refractivity contribution in [2.24, 2.45) is 0 Å². The smallest absolute Gasteiger partial charge is 0.371 e. The van der Waals surface area contributed by atoms with Gasteiger partial charge in [-0.2, -0.15) is 18.3 Å². The second kappa shape index (κ2) is 5.72. The van der Waals surface area contributed by atoms with Gasteiger partial charge >= 0.3 is 6.18 Å². The van der Waals surface area contributed by atoms with Crippen LogP contribution in [-0.4, -0.2) is 34.5 Å². The normalized spacial score (nSPS) is 13.9. The summed E-state index contributed by atoms with van der Waals surface area (Å²) in [5, 5.41) is 8.76. The molecule has 114 valence electrons. The van der Waals surface area contributed by atoms with Crippen LogP contribution in [0.2, 0.25) is 0 Å². The first-order valence-corrected chi connectivity index (χ1v) is 6.15. The zero-order chi connectivity index (χ0) is 15.6. The Balaban J connectivity index is 2.56. The maximum atomic E-state index is 12.0. The number of nitrogens with zero attached hydrogens (tertiary/aromatic N) is 2. The number of rotatable bonds is 4. The molecule has 0 saturated heterocycles. The van der Waals surface area contributed by atoms with E-state index < -0.39 is 24.7 Å². The lowest BCUT2D eigenvalue weighted by Gasteiger charge is -2.19. The summed E-state index contributed by atoms with van der Waals surface area (Å²) in [7, 11) is 0. The third kappa shape index (κ3) is 5.10. The van der Waals surface area contributed by atoms with Crippen LogP contribution in [0.4, 0.5) is 18.9 Å². The molecule has 1 amide bonds. The maximum Gasteiger partial charge on any atom is 0.405 e. The number of hydrogen-bond donors (Lipinski definition) is 2. The molecule has 0 aliphatic heterocycles. The molecule has 8 heteroatoms. The summed E-state index contributed by atoms with van der Waals surface area (Å²) < 4.78 is 37.7. The molecule has 0 radical (unpaired) electrons. The van der Waals surface area contributed by atoms with E-state index in [1.165, 1.54) is 13.1 Å². The summed E-state index contributed by atoms with van der Waals surface area (Å²) >= 11 is 0. The Kier molecular flexibility index (Phi) is 4.67. The number of hydrogen-bond acceptors (Lipinski definition) is 3. The summed E-state index contributed by atoms with van der Waals surface area (Å²) in [6, 6.07) is -0.782. The van der Waals surface area contributed by atoms with Crippen LogP contribution in [0.3, 0.4) is 0 Å². The lowest BCUT2D eigenvalue weighted by molar-refractivity contribution is -0.138. The van der Waals surface area contributed by atoms with E-state index in [2.05, 4.69) is 10.4 Å². The van der Waals surface area contributed by atoms with E-state index in [1.54, 1.807) is 10.9 Å². The number of alkyl halides is 3. The summed E-state index contributed by atoms with van der Waals surface area (Å²) in [6.07, 6.45) is -1.18. The van der Waals surface area contributed by atoms with Gasteiger partial charge in [-0.05, 0) is 27.7 Å². The van der Waals surface area contributed by atoms with Crippen LogP contribution >= 0.6 is 0 Å². The minimum atomic E-state index is -4.41. The van der Waals surface area contributed by atoms with E-state index >= 15 is 0 Å². The highest BCUT2D eigenvalue weighted by atomic mass is 19.4. The lowest BCUT2D eigenvalue weighted by Crippen LogP contribution is -2.42. The molecule has 0 bridgehead atoms. The van der Waals surface area contributed by atoms with Gasteiger partial charge in [-0.1, -0.05) is 0 Å². The fraction of sp³-hybridized carbons (Fsp3) is 0.667. The van der Waals surface area contributed by atoms with E-state index in [0.717, 1.165) is 0 Å². The van der Waals surface area contributed by atoms with Gasteiger partial charge in [0.05, 0.1) is 17.4 Å². The van der Waals surface area contributed by atoms with Crippen LogP contribution in [-0.2, 0) is 10.3 Å². The van der Waals surface area contributed by atoms with Gasteiger partial charge in [0, 0.05) is 6.20 Å². The van der Waals surface area contributed by atoms with Gasteiger partial charge in [-0.3, -0.25) is 9.48 Å². The highest BCUT2D eigenvalue weighted by Crippen LogP contribution is 2.16. The van der Waals surface area contributed by atoms with Gasteiger partial charge in [0.25, 0.3) is 0 Å². The summed E-state index contributed by atoms with van der Waals surface area (Å²) in [5.41, 5.74) is 0.372. The predicted octanol–water partition coefficient (Wildman–Crippen LogP) is 2.12. The van der Waals surface area contributed by atoms with Crippen molar-refractivity contribution < 1.29 is 18.0 Å². The number of nitrogens with one attached hydrogen (secondary N) is 2. The predicted molar refractivity (Wildman–Crippen MR) is 69.4 cm³/mol. The van der Waals surface area contributed by atoms with Gasteiger partial charge in [0.1, 0.15) is 12.6 Å². The molecule has 1 aromatic heterocycles. The van der Waals surface area contributed by atoms with Crippen molar-refractivity contribution in [3.05, 3.63) is 12.4 Å². The monoisotopic (exact) mass is 292 g/mol. The largest absolute Gasteiger partial charge is 0.405 e. The van der Waals surface area contributed by atoms with Crippen LogP contribution in [0.1, 0.15) is 27.7 Å². The molecule has 0 aliphatic rings. The summed E-state index contributed by atoms with van der Waals surface area (Å²) in [5.74, 6) is -0.717. The molecule has 20 heavy (non-hydrogen) atoms.